The van der Waals surface area contributed by atoms with Gasteiger partial charge in [-0.15, -0.1) is 0 Å². The molecular weight excluding hydrogens is 285 g/mol. The smallest absolute Gasteiger partial charge is 0.195 e. The molecule has 128 valence electrons. The lowest BCUT2D eigenvalue weighted by Crippen LogP contribution is -2.25. The molecule has 2 saturated carbocycles. The average Bonchev–Trinajstić information content (AvgIpc) is 2.61. The van der Waals surface area contributed by atoms with E-state index >= 15 is 0 Å². The fourth-order valence-corrected chi connectivity index (χ4v) is 4.58. The van der Waals surface area contributed by atoms with Crippen LogP contribution in [0.2, 0.25) is 0 Å². The van der Waals surface area contributed by atoms with Crippen LogP contribution >= 0.6 is 0 Å². The third kappa shape index (κ3) is 6.13. The molecule has 23 heavy (non-hydrogen) atoms. The van der Waals surface area contributed by atoms with Gasteiger partial charge in [0.1, 0.15) is 6.07 Å². The molecule has 0 radical (unpaired) electrons. The molecule has 2 heteroatoms. The van der Waals surface area contributed by atoms with Gasteiger partial charge in [-0.05, 0) is 68.3 Å². The zero-order chi connectivity index (χ0) is 16.5. The van der Waals surface area contributed by atoms with Gasteiger partial charge >= 0.3 is 0 Å². The molecule has 0 spiro atoms. The number of rotatable bonds is 6. The summed E-state index contributed by atoms with van der Waals surface area (Å²) >= 11 is 0. The van der Waals surface area contributed by atoms with Crippen LogP contribution in [-0.4, -0.2) is 0 Å². The monoisotopic (exact) mass is 317 g/mol. The SMILES string of the molecule is CCCCC1CCC(C2CCC(/C=C/C=C(\F)C#N)CC2)CC1. The summed E-state index contributed by atoms with van der Waals surface area (Å²) in [5.74, 6) is 2.78. The molecule has 0 N–H and O–H groups in total. The highest BCUT2D eigenvalue weighted by Gasteiger charge is 2.30. The summed E-state index contributed by atoms with van der Waals surface area (Å²) < 4.78 is 12.7. The van der Waals surface area contributed by atoms with E-state index in [1.165, 1.54) is 82.8 Å². The van der Waals surface area contributed by atoms with Gasteiger partial charge < -0.3 is 0 Å². The van der Waals surface area contributed by atoms with Crippen LogP contribution < -0.4 is 0 Å². The Morgan fingerprint density at radius 3 is 2.22 bits per heavy atom. The zero-order valence-corrected chi connectivity index (χ0v) is 14.6. The van der Waals surface area contributed by atoms with Crippen molar-refractivity contribution in [1.29, 1.82) is 5.26 Å². The number of allylic oxidation sites excluding steroid dienone is 4. The topological polar surface area (TPSA) is 23.8 Å². The van der Waals surface area contributed by atoms with Crippen molar-refractivity contribution in [1.82, 2.24) is 0 Å². The minimum Gasteiger partial charge on any atom is -0.195 e. The Bertz CT molecular complexity index is 429. The van der Waals surface area contributed by atoms with Gasteiger partial charge in [0.2, 0.25) is 0 Å². The van der Waals surface area contributed by atoms with Crippen molar-refractivity contribution in [3.8, 4) is 6.07 Å². The Balaban J connectivity index is 1.68. The summed E-state index contributed by atoms with van der Waals surface area (Å²) in [6, 6.07) is 1.51. The Morgan fingerprint density at radius 1 is 1.04 bits per heavy atom. The molecule has 2 fully saturated rings. The van der Waals surface area contributed by atoms with Gasteiger partial charge in [-0.25, -0.2) is 0 Å². The Kier molecular flexibility index (Phi) is 7.86. The molecular formula is C21H32FN. The van der Waals surface area contributed by atoms with E-state index in [1.54, 1.807) is 6.08 Å². The fourth-order valence-electron chi connectivity index (χ4n) is 4.58. The second-order valence-electron chi connectivity index (χ2n) is 7.61. The van der Waals surface area contributed by atoms with Gasteiger partial charge in [-0.3, -0.25) is 0 Å². The van der Waals surface area contributed by atoms with Gasteiger partial charge in [-0.1, -0.05) is 51.2 Å². The number of nitrogens with zero attached hydrogens (tertiary/aromatic N) is 1. The molecule has 1 nitrogen and oxygen atoms in total. The number of unbranched alkanes of at least 4 members (excludes halogenated alkanes) is 1. The maximum absolute atomic E-state index is 12.7. The maximum atomic E-state index is 12.7. The summed E-state index contributed by atoms with van der Waals surface area (Å²) in [6.07, 6.45) is 20.3. The third-order valence-corrected chi connectivity index (χ3v) is 6.07. The van der Waals surface area contributed by atoms with Gasteiger partial charge in [0.15, 0.2) is 5.83 Å². The lowest BCUT2D eigenvalue weighted by atomic mass is 9.68. The Hall–Kier alpha value is -1.10. The van der Waals surface area contributed by atoms with Crippen molar-refractivity contribution in [2.24, 2.45) is 23.7 Å². The van der Waals surface area contributed by atoms with Crippen LogP contribution in [0.15, 0.2) is 24.1 Å². The highest BCUT2D eigenvalue weighted by Crippen LogP contribution is 2.42. The van der Waals surface area contributed by atoms with E-state index in [9.17, 15) is 4.39 Å². The first-order valence-corrected chi connectivity index (χ1v) is 9.67. The van der Waals surface area contributed by atoms with Crippen LogP contribution in [0.5, 0.6) is 0 Å². The first-order valence-electron chi connectivity index (χ1n) is 9.67. The quantitative estimate of drug-likeness (QED) is 0.394. The summed E-state index contributed by atoms with van der Waals surface area (Å²) in [5.41, 5.74) is 0. The normalized spacial score (nSPS) is 32.8. The average molecular weight is 317 g/mol. The van der Waals surface area contributed by atoms with Crippen LogP contribution in [0.1, 0.15) is 77.6 Å². The van der Waals surface area contributed by atoms with Gasteiger partial charge in [0.25, 0.3) is 0 Å². The molecule has 0 bridgehead atoms. The highest BCUT2D eigenvalue weighted by molar-refractivity contribution is 5.19. The minimum atomic E-state index is -0.699. The molecule has 0 amide bonds. The Morgan fingerprint density at radius 2 is 1.65 bits per heavy atom. The second-order valence-corrected chi connectivity index (χ2v) is 7.61. The van der Waals surface area contributed by atoms with Gasteiger partial charge in [-0.2, -0.15) is 9.65 Å². The largest absolute Gasteiger partial charge is 0.199 e. The van der Waals surface area contributed by atoms with Gasteiger partial charge in [0.05, 0.1) is 0 Å². The molecule has 0 aromatic heterocycles. The predicted octanol–water partition coefficient (Wildman–Crippen LogP) is 6.72. The summed E-state index contributed by atoms with van der Waals surface area (Å²) in [6.45, 7) is 2.29. The maximum Gasteiger partial charge on any atom is 0.199 e. The van der Waals surface area contributed by atoms with Crippen molar-refractivity contribution < 1.29 is 4.39 Å². The van der Waals surface area contributed by atoms with E-state index in [0.29, 0.717) is 5.92 Å². The zero-order valence-electron chi connectivity index (χ0n) is 14.6. The van der Waals surface area contributed by atoms with E-state index in [1.807, 2.05) is 0 Å². The molecule has 0 aromatic rings. The summed E-state index contributed by atoms with van der Waals surface area (Å²) in [4.78, 5) is 0. The van der Waals surface area contributed by atoms with Crippen LogP contribution in [0.3, 0.4) is 0 Å². The number of nitriles is 1. The summed E-state index contributed by atoms with van der Waals surface area (Å²) in [7, 11) is 0. The predicted molar refractivity (Wildman–Crippen MR) is 94.4 cm³/mol. The van der Waals surface area contributed by atoms with E-state index in [2.05, 4.69) is 13.0 Å². The molecule has 0 atom stereocenters. The van der Waals surface area contributed by atoms with Gasteiger partial charge in [0, 0.05) is 0 Å². The summed E-state index contributed by atoms with van der Waals surface area (Å²) in [5, 5.41) is 8.39. The molecule has 2 aliphatic carbocycles. The molecule has 2 rings (SSSR count). The highest BCUT2D eigenvalue weighted by atomic mass is 19.1. The molecule has 0 unspecified atom stereocenters. The standard InChI is InChI=1S/C21H32FN/c1-2-3-5-17-8-12-19(13-9-17)20-14-10-18(11-15-20)6-4-7-21(22)16-23/h4,6-7,17-20H,2-3,5,8-15H2,1H3/b6-4+,21-7-. The van der Waals surface area contributed by atoms with Crippen LogP contribution in [0.4, 0.5) is 4.39 Å². The molecule has 0 aliphatic heterocycles. The van der Waals surface area contributed by atoms with Crippen molar-refractivity contribution >= 4 is 0 Å². The third-order valence-electron chi connectivity index (χ3n) is 6.07. The Labute approximate surface area is 141 Å². The first kappa shape index (κ1) is 18.2. The second kappa shape index (κ2) is 9.91. The number of hydrogen-bond acceptors (Lipinski definition) is 1. The first-order chi connectivity index (χ1) is 11.2. The molecule has 2 aliphatic rings. The van der Waals surface area contributed by atoms with E-state index in [4.69, 9.17) is 5.26 Å². The lowest BCUT2D eigenvalue weighted by Gasteiger charge is -2.37. The molecule has 0 saturated heterocycles. The van der Waals surface area contributed by atoms with Crippen LogP contribution in [0, 0.1) is 35.0 Å². The molecule has 0 heterocycles. The van der Waals surface area contributed by atoms with Crippen molar-refractivity contribution in [3.05, 3.63) is 24.1 Å². The van der Waals surface area contributed by atoms with Crippen molar-refractivity contribution in [3.63, 3.8) is 0 Å². The number of halogens is 1. The van der Waals surface area contributed by atoms with E-state index in [0.717, 1.165) is 17.8 Å². The van der Waals surface area contributed by atoms with Crippen molar-refractivity contribution in [2.75, 3.05) is 0 Å². The number of hydrogen-bond donors (Lipinski definition) is 0. The van der Waals surface area contributed by atoms with Crippen LogP contribution in [-0.2, 0) is 0 Å². The fraction of sp³-hybridized carbons (Fsp3) is 0.762. The van der Waals surface area contributed by atoms with E-state index < -0.39 is 5.83 Å². The van der Waals surface area contributed by atoms with Crippen LogP contribution in [0.25, 0.3) is 0 Å². The lowest BCUT2D eigenvalue weighted by molar-refractivity contribution is 0.152. The molecule has 0 aromatic carbocycles. The van der Waals surface area contributed by atoms with Crippen molar-refractivity contribution in [2.45, 2.75) is 77.6 Å². The minimum absolute atomic E-state index is 0.579. The van der Waals surface area contributed by atoms with E-state index in [-0.39, 0.29) is 0 Å².